The smallest absolute Gasteiger partial charge is 0.224 e. The van der Waals surface area contributed by atoms with E-state index in [0.717, 1.165) is 31.2 Å². The van der Waals surface area contributed by atoms with Crippen LogP contribution in [0.5, 0.6) is 0 Å². The lowest BCUT2D eigenvalue weighted by Crippen LogP contribution is -2.19. The SMILES string of the molecule is COCCNCc1cnc(N(C)C)nc1. The quantitative estimate of drug-likeness (QED) is 0.683. The molecule has 1 aromatic rings. The third-order valence-electron chi connectivity index (χ3n) is 1.90. The first kappa shape index (κ1) is 11.9. The molecular weight excluding hydrogens is 192 g/mol. The van der Waals surface area contributed by atoms with Gasteiger partial charge >= 0.3 is 0 Å². The van der Waals surface area contributed by atoms with Crippen LogP contribution >= 0.6 is 0 Å². The first-order valence-corrected chi connectivity index (χ1v) is 4.92. The van der Waals surface area contributed by atoms with Gasteiger partial charge in [0.05, 0.1) is 6.61 Å². The first-order valence-electron chi connectivity index (χ1n) is 4.92. The minimum Gasteiger partial charge on any atom is -0.383 e. The average molecular weight is 210 g/mol. The van der Waals surface area contributed by atoms with Crippen LogP contribution in [0, 0.1) is 0 Å². The Hall–Kier alpha value is -1.20. The fourth-order valence-electron chi connectivity index (χ4n) is 1.08. The van der Waals surface area contributed by atoms with Crippen LogP contribution in [0.15, 0.2) is 12.4 Å². The van der Waals surface area contributed by atoms with Gasteiger partial charge in [0.1, 0.15) is 0 Å². The van der Waals surface area contributed by atoms with Crippen molar-refractivity contribution in [1.29, 1.82) is 0 Å². The number of nitrogens with zero attached hydrogens (tertiary/aromatic N) is 3. The second kappa shape index (κ2) is 6.31. The minimum atomic E-state index is 0.719. The molecule has 0 saturated carbocycles. The van der Waals surface area contributed by atoms with Crippen LogP contribution in [-0.4, -0.2) is 44.3 Å². The Morgan fingerprint density at radius 1 is 1.33 bits per heavy atom. The topological polar surface area (TPSA) is 50.3 Å². The van der Waals surface area contributed by atoms with E-state index in [0.29, 0.717) is 0 Å². The first-order chi connectivity index (χ1) is 7.24. The average Bonchev–Trinajstić information content (AvgIpc) is 2.25. The van der Waals surface area contributed by atoms with Gasteiger partial charge < -0.3 is 15.0 Å². The van der Waals surface area contributed by atoms with Crippen LogP contribution in [0.25, 0.3) is 0 Å². The lowest BCUT2D eigenvalue weighted by atomic mass is 10.3. The summed E-state index contributed by atoms with van der Waals surface area (Å²) in [7, 11) is 5.54. The maximum absolute atomic E-state index is 4.93. The fraction of sp³-hybridized carbons (Fsp3) is 0.600. The summed E-state index contributed by atoms with van der Waals surface area (Å²) >= 11 is 0. The molecule has 0 saturated heterocycles. The lowest BCUT2D eigenvalue weighted by molar-refractivity contribution is 0.199. The standard InChI is InChI=1S/C10H18N4O/c1-14(2)10-12-7-9(8-13-10)6-11-4-5-15-3/h7-8,11H,4-6H2,1-3H3. The Labute approximate surface area is 90.5 Å². The molecule has 1 heterocycles. The van der Waals surface area contributed by atoms with Crippen molar-refractivity contribution in [3.8, 4) is 0 Å². The van der Waals surface area contributed by atoms with Crippen molar-refractivity contribution in [3.05, 3.63) is 18.0 Å². The second-order valence-corrected chi connectivity index (χ2v) is 3.46. The summed E-state index contributed by atoms with van der Waals surface area (Å²) in [4.78, 5) is 10.3. The molecule has 0 radical (unpaired) electrons. The van der Waals surface area contributed by atoms with Gasteiger partial charge in [-0.1, -0.05) is 0 Å². The minimum absolute atomic E-state index is 0.719. The Kier molecular flexibility index (Phi) is 5.00. The number of anilines is 1. The summed E-state index contributed by atoms with van der Waals surface area (Å²) in [5.74, 6) is 0.732. The zero-order chi connectivity index (χ0) is 11.1. The maximum Gasteiger partial charge on any atom is 0.224 e. The summed E-state index contributed by atoms with van der Waals surface area (Å²) in [5.41, 5.74) is 1.08. The van der Waals surface area contributed by atoms with E-state index >= 15 is 0 Å². The van der Waals surface area contributed by atoms with Crippen LogP contribution in [0.4, 0.5) is 5.95 Å². The second-order valence-electron chi connectivity index (χ2n) is 3.46. The predicted octanol–water partition coefficient (Wildman–Crippen LogP) is 0.279. The Bertz CT molecular complexity index is 273. The molecule has 15 heavy (non-hydrogen) atoms. The normalized spacial score (nSPS) is 10.3. The molecule has 0 unspecified atom stereocenters. The van der Waals surface area contributed by atoms with E-state index in [4.69, 9.17) is 4.74 Å². The zero-order valence-electron chi connectivity index (χ0n) is 9.53. The van der Waals surface area contributed by atoms with Crippen molar-refractivity contribution in [2.75, 3.05) is 39.3 Å². The lowest BCUT2D eigenvalue weighted by Gasteiger charge is -2.09. The molecule has 5 heteroatoms. The maximum atomic E-state index is 4.93. The monoisotopic (exact) mass is 210 g/mol. The molecule has 5 nitrogen and oxygen atoms in total. The number of hydrogen-bond acceptors (Lipinski definition) is 5. The van der Waals surface area contributed by atoms with Crippen molar-refractivity contribution in [2.24, 2.45) is 0 Å². The van der Waals surface area contributed by atoms with Gasteiger partial charge in [0.15, 0.2) is 0 Å². The molecule has 0 amide bonds. The van der Waals surface area contributed by atoms with Gasteiger partial charge in [-0.05, 0) is 0 Å². The highest BCUT2D eigenvalue weighted by atomic mass is 16.5. The molecule has 0 fully saturated rings. The molecule has 1 N–H and O–H groups in total. The highest BCUT2D eigenvalue weighted by molar-refractivity contribution is 5.26. The summed E-state index contributed by atoms with van der Waals surface area (Å²) < 4.78 is 4.93. The van der Waals surface area contributed by atoms with Crippen LogP contribution in [0.1, 0.15) is 5.56 Å². The zero-order valence-corrected chi connectivity index (χ0v) is 9.53. The molecule has 0 bridgehead atoms. The van der Waals surface area contributed by atoms with Crippen LogP contribution in [0.2, 0.25) is 0 Å². The van der Waals surface area contributed by atoms with E-state index in [9.17, 15) is 0 Å². The van der Waals surface area contributed by atoms with Gasteiger partial charge in [-0.15, -0.1) is 0 Å². The molecule has 84 valence electrons. The molecule has 0 aliphatic rings. The van der Waals surface area contributed by atoms with Crippen molar-refractivity contribution >= 4 is 5.95 Å². The van der Waals surface area contributed by atoms with Crippen LogP contribution in [0.3, 0.4) is 0 Å². The van der Waals surface area contributed by atoms with Crippen molar-refractivity contribution < 1.29 is 4.74 Å². The number of aromatic nitrogens is 2. The summed E-state index contributed by atoms with van der Waals surface area (Å²) in [5, 5.41) is 3.23. The third-order valence-corrected chi connectivity index (χ3v) is 1.90. The van der Waals surface area contributed by atoms with Gasteiger partial charge in [0.2, 0.25) is 5.95 Å². The van der Waals surface area contributed by atoms with Crippen molar-refractivity contribution in [3.63, 3.8) is 0 Å². The fourth-order valence-corrected chi connectivity index (χ4v) is 1.08. The molecular formula is C10H18N4O. The molecule has 0 aromatic carbocycles. The van der Waals surface area contributed by atoms with Crippen molar-refractivity contribution in [1.82, 2.24) is 15.3 Å². The van der Waals surface area contributed by atoms with Crippen LogP contribution in [-0.2, 0) is 11.3 Å². The van der Waals surface area contributed by atoms with E-state index in [-0.39, 0.29) is 0 Å². The summed E-state index contributed by atoms with van der Waals surface area (Å²) in [6.07, 6.45) is 3.67. The largest absolute Gasteiger partial charge is 0.383 e. The van der Waals surface area contributed by atoms with Crippen LogP contribution < -0.4 is 10.2 Å². The number of rotatable bonds is 6. The van der Waals surface area contributed by atoms with E-state index in [2.05, 4.69) is 15.3 Å². The number of ether oxygens (including phenoxy) is 1. The molecule has 1 aromatic heterocycles. The Morgan fingerprint density at radius 3 is 2.53 bits per heavy atom. The van der Waals surface area contributed by atoms with Gasteiger partial charge in [-0.25, -0.2) is 9.97 Å². The van der Waals surface area contributed by atoms with E-state index in [1.807, 2.05) is 31.4 Å². The van der Waals surface area contributed by atoms with Gasteiger partial charge in [0.25, 0.3) is 0 Å². The number of methoxy groups -OCH3 is 1. The van der Waals surface area contributed by atoms with Crippen molar-refractivity contribution in [2.45, 2.75) is 6.54 Å². The molecule has 1 rings (SSSR count). The molecule has 0 atom stereocenters. The molecule has 0 aliphatic carbocycles. The van der Waals surface area contributed by atoms with Gasteiger partial charge in [0, 0.05) is 52.3 Å². The van der Waals surface area contributed by atoms with Gasteiger partial charge in [-0.2, -0.15) is 0 Å². The highest BCUT2D eigenvalue weighted by Gasteiger charge is 1.98. The third kappa shape index (κ3) is 4.22. The summed E-state index contributed by atoms with van der Waals surface area (Å²) in [6, 6.07) is 0. The van der Waals surface area contributed by atoms with Gasteiger partial charge in [-0.3, -0.25) is 0 Å². The molecule has 0 aliphatic heterocycles. The molecule has 0 spiro atoms. The predicted molar refractivity (Wildman–Crippen MR) is 59.9 cm³/mol. The van der Waals surface area contributed by atoms with E-state index in [1.165, 1.54) is 0 Å². The number of nitrogens with one attached hydrogen (secondary N) is 1. The van der Waals surface area contributed by atoms with E-state index < -0.39 is 0 Å². The Balaban J connectivity index is 2.36. The summed E-state index contributed by atoms with van der Waals surface area (Å²) in [6.45, 7) is 2.33. The highest BCUT2D eigenvalue weighted by Crippen LogP contribution is 2.02. The van der Waals surface area contributed by atoms with E-state index in [1.54, 1.807) is 7.11 Å². The Morgan fingerprint density at radius 2 is 2.00 bits per heavy atom. The number of hydrogen-bond donors (Lipinski definition) is 1.